The quantitative estimate of drug-likeness (QED) is 0.615. The second kappa shape index (κ2) is 8.93. The van der Waals surface area contributed by atoms with Crippen LogP contribution in [0.4, 0.5) is 10.1 Å². The summed E-state index contributed by atoms with van der Waals surface area (Å²) >= 11 is 0. The van der Waals surface area contributed by atoms with Crippen molar-refractivity contribution in [3.8, 4) is 0 Å². The number of fused-ring (bicyclic) bond motifs is 1. The van der Waals surface area contributed by atoms with Crippen molar-refractivity contribution < 1.29 is 22.3 Å². The Labute approximate surface area is 179 Å². The summed E-state index contributed by atoms with van der Waals surface area (Å²) in [6.45, 7) is 0.816. The minimum atomic E-state index is -4.03. The second-order valence-corrected chi connectivity index (χ2v) is 8.81. The number of nitrogens with one attached hydrogen (secondary N) is 1. The highest BCUT2D eigenvalue weighted by Crippen LogP contribution is 2.24. The van der Waals surface area contributed by atoms with Crippen LogP contribution in [0, 0.1) is 5.82 Å². The molecule has 0 unspecified atom stereocenters. The third-order valence-electron chi connectivity index (χ3n) is 4.86. The molecule has 4 rings (SSSR count). The zero-order valence-corrected chi connectivity index (χ0v) is 17.3. The molecule has 0 bridgehead atoms. The Morgan fingerprint density at radius 2 is 1.90 bits per heavy atom. The first kappa shape index (κ1) is 21.1. The number of amides is 1. The van der Waals surface area contributed by atoms with Crippen LogP contribution in [0.15, 0.2) is 65.7 Å². The normalized spacial score (nSPS) is 15.4. The van der Waals surface area contributed by atoms with Gasteiger partial charge >= 0.3 is 0 Å². The highest BCUT2D eigenvalue weighted by Gasteiger charge is 2.29. The third-order valence-corrected chi connectivity index (χ3v) is 6.78. The van der Waals surface area contributed by atoms with Gasteiger partial charge in [-0.2, -0.15) is 4.31 Å². The van der Waals surface area contributed by atoms with E-state index >= 15 is 0 Å². The molecule has 2 heterocycles. The molecule has 0 atom stereocenters. The number of rotatable bonds is 5. The first-order valence-electron chi connectivity index (χ1n) is 9.65. The van der Waals surface area contributed by atoms with E-state index in [1.54, 1.807) is 12.3 Å². The van der Waals surface area contributed by atoms with Crippen molar-refractivity contribution in [3.05, 3.63) is 72.2 Å². The largest absolute Gasteiger partial charge is 0.379 e. The third kappa shape index (κ3) is 4.63. The van der Waals surface area contributed by atoms with Gasteiger partial charge < -0.3 is 10.1 Å². The molecule has 3 aromatic rings. The predicted molar refractivity (Wildman–Crippen MR) is 115 cm³/mol. The van der Waals surface area contributed by atoms with Gasteiger partial charge in [0.05, 0.1) is 18.7 Å². The number of carbonyl (C=O) groups excluding carboxylic acids is 1. The molecule has 7 nitrogen and oxygen atoms in total. The first-order chi connectivity index (χ1) is 14.9. The molecule has 0 aliphatic carbocycles. The number of hydrogen-bond acceptors (Lipinski definition) is 5. The number of hydrogen-bond donors (Lipinski definition) is 1. The number of aromatic nitrogens is 1. The van der Waals surface area contributed by atoms with Crippen molar-refractivity contribution >= 4 is 38.6 Å². The van der Waals surface area contributed by atoms with E-state index in [9.17, 15) is 17.6 Å². The Hall–Kier alpha value is -3.14. The van der Waals surface area contributed by atoms with E-state index < -0.39 is 26.6 Å². The van der Waals surface area contributed by atoms with Crippen LogP contribution in [0.1, 0.15) is 5.56 Å². The summed E-state index contributed by atoms with van der Waals surface area (Å²) in [7, 11) is -4.03. The minimum Gasteiger partial charge on any atom is -0.379 e. The van der Waals surface area contributed by atoms with Crippen LogP contribution in [0.25, 0.3) is 17.0 Å². The Morgan fingerprint density at radius 1 is 1.13 bits per heavy atom. The van der Waals surface area contributed by atoms with Gasteiger partial charge in [-0.15, -0.1) is 0 Å². The van der Waals surface area contributed by atoms with Gasteiger partial charge in [0, 0.05) is 42.0 Å². The van der Waals surface area contributed by atoms with Crippen molar-refractivity contribution in [2.24, 2.45) is 0 Å². The zero-order chi connectivity index (χ0) is 21.8. The minimum absolute atomic E-state index is 0.153. The van der Waals surface area contributed by atoms with Gasteiger partial charge in [0.15, 0.2) is 0 Å². The second-order valence-electron chi connectivity index (χ2n) is 6.91. The lowest BCUT2D eigenvalue weighted by molar-refractivity contribution is -0.111. The lowest BCUT2D eigenvalue weighted by atomic mass is 10.1. The van der Waals surface area contributed by atoms with Crippen molar-refractivity contribution in [2.45, 2.75) is 4.90 Å². The fourth-order valence-electron chi connectivity index (χ4n) is 3.32. The van der Waals surface area contributed by atoms with E-state index in [0.717, 1.165) is 28.6 Å². The monoisotopic (exact) mass is 441 g/mol. The van der Waals surface area contributed by atoms with Gasteiger partial charge in [0.2, 0.25) is 15.9 Å². The van der Waals surface area contributed by atoms with E-state index in [4.69, 9.17) is 4.74 Å². The molecule has 1 aliphatic rings. The molecule has 1 N–H and O–H groups in total. The number of benzene rings is 2. The molecule has 1 aromatic heterocycles. The average molecular weight is 441 g/mol. The Bertz CT molecular complexity index is 1250. The Morgan fingerprint density at radius 3 is 2.71 bits per heavy atom. The maximum atomic E-state index is 14.3. The lowest BCUT2D eigenvalue weighted by Gasteiger charge is -2.26. The summed E-state index contributed by atoms with van der Waals surface area (Å²) < 4.78 is 46.2. The fourth-order valence-corrected chi connectivity index (χ4v) is 4.81. The number of nitrogens with zero attached hydrogens (tertiary/aromatic N) is 2. The molecule has 1 amide bonds. The van der Waals surface area contributed by atoms with Crippen LogP contribution < -0.4 is 5.32 Å². The van der Waals surface area contributed by atoms with Crippen LogP contribution in [0.3, 0.4) is 0 Å². The molecule has 9 heteroatoms. The van der Waals surface area contributed by atoms with Gasteiger partial charge in [-0.25, -0.2) is 12.8 Å². The van der Waals surface area contributed by atoms with Gasteiger partial charge in [0.25, 0.3) is 0 Å². The summed E-state index contributed by atoms with van der Waals surface area (Å²) in [6.07, 6.45) is 4.62. The summed E-state index contributed by atoms with van der Waals surface area (Å²) in [4.78, 5) is 16.2. The van der Waals surface area contributed by atoms with E-state index in [2.05, 4.69) is 10.3 Å². The van der Waals surface area contributed by atoms with Crippen LogP contribution in [-0.2, 0) is 19.6 Å². The van der Waals surface area contributed by atoms with E-state index in [-0.39, 0.29) is 32.0 Å². The van der Waals surface area contributed by atoms with Crippen LogP contribution in [0.5, 0.6) is 0 Å². The number of para-hydroxylation sites is 1. The number of sulfonamides is 1. The lowest BCUT2D eigenvalue weighted by Crippen LogP contribution is -2.40. The number of pyridine rings is 1. The predicted octanol–water partition coefficient (Wildman–Crippen LogP) is 3.05. The molecule has 2 aromatic carbocycles. The topological polar surface area (TPSA) is 88.6 Å². The highest BCUT2D eigenvalue weighted by molar-refractivity contribution is 7.89. The molecular weight excluding hydrogens is 421 g/mol. The van der Waals surface area contributed by atoms with Gasteiger partial charge in [-0.3, -0.25) is 9.78 Å². The molecule has 31 heavy (non-hydrogen) atoms. The van der Waals surface area contributed by atoms with Crippen molar-refractivity contribution in [1.82, 2.24) is 9.29 Å². The van der Waals surface area contributed by atoms with E-state index in [1.807, 2.05) is 30.3 Å². The first-order valence-corrected chi connectivity index (χ1v) is 11.1. The molecular formula is C22H20FN3O4S. The maximum absolute atomic E-state index is 14.3. The summed E-state index contributed by atoms with van der Waals surface area (Å²) in [5.41, 5.74) is 1.71. The smallest absolute Gasteiger partial charge is 0.248 e. The molecule has 160 valence electrons. The molecule has 1 aliphatic heterocycles. The SMILES string of the molecule is O=C(/C=C/c1cccc2cccnc12)Nc1ccc(F)c(S(=O)(=O)N2CCOCC2)c1. The summed E-state index contributed by atoms with van der Waals surface area (Å²) in [5.74, 6) is -1.35. The number of halogens is 1. The number of morpholine rings is 1. The molecule has 1 fully saturated rings. The fraction of sp³-hybridized carbons (Fsp3) is 0.182. The van der Waals surface area contributed by atoms with Gasteiger partial charge in [-0.1, -0.05) is 24.3 Å². The van der Waals surface area contributed by atoms with Crippen LogP contribution >= 0.6 is 0 Å². The van der Waals surface area contributed by atoms with Gasteiger partial charge in [0.1, 0.15) is 10.7 Å². The zero-order valence-electron chi connectivity index (χ0n) is 16.5. The van der Waals surface area contributed by atoms with E-state index in [0.29, 0.717) is 0 Å². The standard InChI is InChI=1S/C22H20FN3O4S/c23-19-8-7-18(15-20(19)31(28,29)26-11-13-30-14-12-26)25-21(27)9-6-17-4-1-3-16-5-2-10-24-22(16)17/h1-10,15H,11-14H2,(H,25,27)/b9-6+. The molecule has 0 saturated carbocycles. The van der Waals surface area contributed by atoms with Gasteiger partial charge in [-0.05, 0) is 30.3 Å². The number of carbonyl (C=O) groups is 1. The van der Waals surface area contributed by atoms with Crippen molar-refractivity contribution in [1.29, 1.82) is 0 Å². The Balaban J connectivity index is 1.53. The van der Waals surface area contributed by atoms with Crippen LogP contribution in [0.2, 0.25) is 0 Å². The molecule has 0 spiro atoms. The van der Waals surface area contributed by atoms with E-state index in [1.165, 1.54) is 16.4 Å². The highest BCUT2D eigenvalue weighted by atomic mass is 32.2. The average Bonchev–Trinajstić information content (AvgIpc) is 2.79. The molecule has 1 saturated heterocycles. The summed E-state index contributed by atoms with van der Waals surface area (Å²) in [6, 6.07) is 12.9. The number of ether oxygens (including phenoxy) is 1. The number of anilines is 1. The maximum Gasteiger partial charge on any atom is 0.248 e. The Kier molecular flexibility index (Phi) is 6.08. The molecule has 0 radical (unpaired) electrons. The van der Waals surface area contributed by atoms with Crippen molar-refractivity contribution in [3.63, 3.8) is 0 Å². The van der Waals surface area contributed by atoms with Crippen molar-refractivity contribution in [2.75, 3.05) is 31.6 Å². The summed E-state index contributed by atoms with van der Waals surface area (Å²) in [5, 5.41) is 3.53. The van der Waals surface area contributed by atoms with Crippen LogP contribution in [-0.4, -0.2) is 49.9 Å².